The fourth-order valence-electron chi connectivity index (χ4n) is 3.49. The molecule has 1 aromatic carbocycles. The molecule has 2 aromatic heterocycles. The molecule has 0 saturated heterocycles. The molecule has 0 fully saturated rings. The maximum Gasteiger partial charge on any atom is 0.257 e. The first-order valence-electron chi connectivity index (χ1n) is 9.68. The number of pyridine rings is 1. The largest absolute Gasteiger partial charge is 0.486 e. The van der Waals surface area contributed by atoms with Crippen LogP contribution in [0, 0.1) is 0 Å². The van der Waals surface area contributed by atoms with Gasteiger partial charge in [0.1, 0.15) is 6.61 Å². The fraction of sp³-hybridized carbons (Fsp3) is 0.318. The van der Waals surface area contributed by atoms with E-state index in [9.17, 15) is 4.79 Å². The predicted molar refractivity (Wildman–Crippen MR) is 109 cm³/mol. The minimum atomic E-state index is -0.229. The summed E-state index contributed by atoms with van der Waals surface area (Å²) in [6.45, 7) is 4.91. The van der Waals surface area contributed by atoms with Crippen LogP contribution in [0.3, 0.4) is 0 Å². The van der Waals surface area contributed by atoms with Gasteiger partial charge in [0, 0.05) is 13.2 Å². The Bertz CT molecular complexity index is 1000. The molecule has 3 heterocycles. The van der Waals surface area contributed by atoms with Crippen LogP contribution in [0.25, 0.3) is 5.82 Å². The third kappa shape index (κ3) is 3.81. The van der Waals surface area contributed by atoms with E-state index in [1.54, 1.807) is 29.0 Å². The van der Waals surface area contributed by atoms with Crippen LogP contribution in [0.5, 0.6) is 11.5 Å². The van der Waals surface area contributed by atoms with Gasteiger partial charge >= 0.3 is 0 Å². The molecule has 0 aliphatic carbocycles. The van der Waals surface area contributed by atoms with E-state index < -0.39 is 0 Å². The number of hydrogen-bond donors (Lipinski definition) is 0. The Morgan fingerprint density at radius 2 is 1.97 bits per heavy atom. The zero-order chi connectivity index (χ0) is 20.4. The summed E-state index contributed by atoms with van der Waals surface area (Å²) in [6.07, 6.45) is 3.11. The van der Waals surface area contributed by atoms with Gasteiger partial charge < -0.3 is 14.4 Å². The molecule has 150 valence electrons. The van der Waals surface area contributed by atoms with Gasteiger partial charge in [0.25, 0.3) is 5.91 Å². The topological polar surface area (TPSA) is 69.5 Å². The second-order valence-corrected chi connectivity index (χ2v) is 7.38. The minimum absolute atomic E-state index is 0.0988. The average molecular weight is 392 g/mol. The second kappa shape index (κ2) is 7.95. The number of likely N-dealkylation sites (N-methyl/N-ethyl adjacent to an activating group) is 1. The number of amides is 1. The quantitative estimate of drug-likeness (QED) is 0.666. The summed E-state index contributed by atoms with van der Waals surface area (Å²) in [6, 6.07) is 13.2. The lowest BCUT2D eigenvalue weighted by molar-refractivity contribution is 0.0520. The molecule has 7 nitrogen and oxygen atoms in total. The van der Waals surface area contributed by atoms with Crippen molar-refractivity contribution in [3.8, 4) is 17.3 Å². The maximum absolute atomic E-state index is 13.2. The summed E-state index contributed by atoms with van der Waals surface area (Å²) in [7, 11) is 1.77. The maximum atomic E-state index is 13.2. The number of fused-ring (bicyclic) bond motifs is 1. The number of nitrogens with zero attached hydrogens (tertiary/aromatic N) is 4. The van der Waals surface area contributed by atoms with E-state index in [1.165, 1.54) is 0 Å². The number of para-hydroxylation sites is 2. The van der Waals surface area contributed by atoms with Crippen LogP contribution in [-0.4, -0.2) is 51.9 Å². The van der Waals surface area contributed by atoms with E-state index in [-0.39, 0.29) is 17.9 Å². The average Bonchev–Trinajstić information content (AvgIpc) is 3.19. The van der Waals surface area contributed by atoms with Gasteiger partial charge in [-0.05, 0) is 30.2 Å². The van der Waals surface area contributed by atoms with Crippen LogP contribution in [0.15, 0.2) is 54.9 Å². The summed E-state index contributed by atoms with van der Waals surface area (Å²) in [4.78, 5) is 19.2. The molecule has 4 rings (SSSR count). The highest BCUT2D eigenvalue weighted by Gasteiger charge is 2.27. The second-order valence-electron chi connectivity index (χ2n) is 7.38. The highest BCUT2D eigenvalue weighted by Crippen LogP contribution is 2.31. The van der Waals surface area contributed by atoms with Crippen molar-refractivity contribution in [3.05, 3.63) is 66.1 Å². The smallest absolute Gasteiger partial charge is 0.257 e. The first-order chi connectivity index (χ1) is 14.0. The van der Waals surface area contributed by atoms with Crippen molar-refractivity contribution in [2.24, 2.45) is 0 Å². The Morgan fingerprint density at radius 3 is 2.69 bits per heavy atom. The molecule has 3 aromatic rings. The lowest BCUT2D eigenvalue weighted by Crippen LogP contribution is -2.42. The number of hydrogen-bond acceptors (Lipinski definition) is 5. The molecule has 1 atom stereocenters. The van der Waals surface area contributed by atoms with Crippen molar-refractivity contribution < 1.29 is 14.3 Å². The van der Waals surface area contributed by atoms with E-state index >= 15 is 0 Å². The molecule has 0 N–H and O–H groups in total. The van der Waals surface area contributed by atoms with Crippen LogP contribution in [0.1, 0.15) is 35.8 Å². The predicted octanol–water partition coefficient (Wildman–Crippen LogP) is 3.30. The minimum Gasteiger partial charge on any atom is -0.486 e. The zero-order valence-corrected chi connectivity index (χ0v) is 16.8. The van der Waals surface area contributed by atoms with Gasteiger partial charge in [0.2, 0.25) is 0 Å². The molecule has 1 amide bonds. The van der Waals surface area contributed by atoms with Crippen molar-refractivity contribution in [2.45, 2.75) is 25.9 Å². The van der Waals surface area contributed by atoms with E-state index in [4.69, 9.17) is 9.47 Å². The van der Waals surface area contributed by atoms with Crippen LogP contribution < -0.4 is 9.47 Å². The molecule has 0 radical (unpaired) electrons. The van der Waals surface area contributed by atoms with Crippen molar-refractivity contribution >= 4 is 5.91 Å². The van der Waals surface area contributed by atoms with Crippen LogP contribution >= 0.6 is 0 Å². The number of rotatable bonds is 5. The molecule has 0 bridgehead atoms. The van der Waals surface area contributed by atoms with Gasteiger partial charge in [0.05, 0.1) is 24.0 Å². The van der Waals surface area contributed by atoms with Crippen LogP contribution in [0.2, 0.25) is 0 Å². The lowest BCUT2D eigenvalue weighted by Gasteiger charge is -2.29. The highest BCUT2D eigenvalue weighted by atomic mass is 16.6. The van der Waals surface area contributed by atoms with Crippen LogP contribution in [-0.2, 0) is 0 Å². The number of carbonyl (C=O) groups is 1. The lowest BCUT2D eigenvalue weighted by atomic mass is 10.0. The Kier molecular flexibility index (Phi) is 5.20. The molecule has 0 unspecified atom stereocenters. The molecule has 0 spiro atoms. The Balaban J connectivity index is 1.53. The Hall–Kier alpha value is -3.35. The number of aromatic nitrogens is 3. The molecular formula is C22H24N4O3. The van der Waals surface area contributed by atoms with Gasteiger partial charge in [-0.25, -0.2) is 9.67 Å². The Labute approximate surface area is 169 Å². The number of ether oxygens (including phenoxy) is 2. The van der Waals surface area contributed by atoms with Gasteiger partial charge in [-0.3, -0.25) is 4.79 Å². The van der Waals surface area contributed by atoms with Crippen molar-refractivity contribution in [3.63, 3.8) is 0 Å². The van der Waals surface area contributed by atoms with Crippen molar-refractivity contribution in [1.82, 2.24) is 19.7 Å². The van der Waals surface area contributed by atoms with Gasteiger partial charge in [0.15, 0.2) is 23.4 Å². The summed E-state index contributed by atoms with van der Waals surface area (Å²) < 4.78 is 13.5. The van der Waals surface area contributed by atoms with Crippen molar-refractivity contribution in [2.75, 3.05) is 20.2 Å². The summed E-state index contributed by atoms with van der Waals surface area (Å²) in [5, 5.41) is 4.44. The highest BCUT2D eigenvalue weighted by molar-refractivity contribution is 5.95. The SMILES string of the molecule is CC(C)c1c(C(=O)N(C)C[C@@H]2COc3ccccc3O2)cnn1-c1ccccn1. The van der Waals surface area contributed by atoms with Gasteiger partial charge in [-0.2, -0.15) is 5.10 Å². The molecule has 1 aliphatic rings. The molecule has 29 heavy (non-hydrogen) atoms. The molecule has 1 aliphatic heterocycles. The van der Waals surface area contributed by atoms with E-state index in [2.05, 4.69) is 10.1 Å². The molecular weight excluding hydrogens is 368 g/mol. The molecule has 7 heteroatoms. The third-order valence-corrected chi connectivity index (χ3v) is 4.84. The summed E-state index contributed by atoms with van der Waals surface area (Å²) in [5.74, 6) is 2.14. The monoisotopic (exact) mass is 392 g/mol. The first kappa shape index (κ1) is 19.0. The molecule has 0 saturated carbocycles. The van der Waals surface area contributed by atoms with Crippen LogP contribution in [0.4, 0.5) is 0 Å². The number of benzene rings is 1. The zero-order valence-electron chi connectivity index (χ0n) is 16.8. The summed E-state index contributed by atoms with van der Waals surface area (Å²) >= 11 is 0. The van der Waals surface area contributed by atoms with Gasteiger partial charge in [-0.15, -0.1) is 0 Å². The third-order valence-electron chi connectivity index (χ3n) is 4.84. The van der Waals surface area contributed by atoms with E-state index in [1.807, 2.05) is 56.3 Å². The van der Waals surface area contributed by atoms with Crippen molar-refractivity contribution in [1.29, 1.82) is 0 Å². The number of carbonyl (C=O) groups excluding carboxylic acids is 1. The standard InChI is InChI=1S/C22H24N4O3/c1-15(2)21-17(12-24-26(21)20-10-6-7-11-23-20)22(27)25(3)13-16-14-28-18-8-4-5-9-19(18)29-16/h4-12,15-16H,13-14H2,1-3H3/t16-/m1/s1. The Morgan fingerprint density at radius 1 is 1.21 bits per heavy atom. The summed E-state index contributed by atoms with van der Waals surface area (Å²) in [5.41, 5.74) is 1.41. The van der Waals surface area contributed by atoms with Gasteiger partial charge in [-0.1, -0.05) is 32.0 Å². The fourth-order valence-corrected chi connectivity index (χ4v) is 3.49. The normalized spacial score (nSPS) is 15.4. The van der Waals surface area contributed by atoms with E-state index in [0.29, 0.717) is 30.3 Å². The first-order valence-corrected chi connectivity index (χ1v) is 9.68. The van der Waals surface area contributed by atoms with E-state index in [0.717, 1.165) is 11.4 Å².